The van der Waals surface area contributed by atoms with Crippen LogP contribution in [0.15, 0.2) is 24.3 Å². The lowest BCUT2D eigenvalue weighted by molar-refractivity contribution is -0.126. The molecule has 0 bridgehead atoms. The Balaban J connectivity index is 1.46. The Kier molecular flexibility index (Phi) is 4.64. The van der Waals surface area contributed by atoms with Gasteiger partial charge in [0.15, 0.2) is 0 Å². The maximum absolute atomic E-state index is 12.1. The highest BCUT2D eigenvalue weighted by atomic mass is 16.2. The molecule has 1 saturated heterocycles. The van der Waals surface area contributed by atoms with E-state index in [4.69, 9.17) is 5.73 Å². The van der Waals surface area contributed by atoms with Gasteiger partial charge in [-0.05, 0) is 37.5 Å². The zero-order chi connectivity index (χ0) is 15.5. The molecule has 3 rings (SSSR count). The molecule has 1 aliphatic heterocycles. The fourth-order valence-electron chi connectivity index (χ4n) is 2.97. The van der Waals surface area contributed by atoms with Gasteiger partial charge in [0.25, 0.3) is 0 Å². The van der Waals surface area contributed by atoms with Gasteiger partial charge in [0.2, 0.25) is 5.91 Å². The predicted octanol–water partition coefficient (Wildman–Crippen LogP) is 1.05. The first-order valence-corrected chi connectivity index (χ1v) is 8.23. The summed E-state index contributed by atoms with van der Waals surface area (Å²) in [4.78, 5) is 16.8. The summed E-state index contributed by atoms with van der Waals surface area (Å²) >= 11 is 0. The van der Waals surface area contributed by atoms with Crippen LogP contribution in [-0.4, -0.2) is 54.0 Å². The van der Waals surface area contributed by atoms with Crippen LogP contribution in [0.3, 0.4) is 0 Å². The minimum Gasteiger partial charge on any atom is -0.399 e. The number of carbonyl (C=O) groups excluding carboxylic acids is 1. The van der Waals surface area contributed by atoms with E-state index in [9.17, 15) is 4.79 Å². The summed E-state index contributed by atoms with van der Waals surface area (Å²) in [5.74, 6) is 0.187. The maximum atomic E-state index is 12.1. The number of nitrogens with two attached hydrogens (primary N) is 1. The summed E-state index contributed by atoms with van der Waals surface area (Å²) in [7, 11) is 0. The van der Waals surface area contributed by atoms with Gasteiger partial charge >= 0.3 is 0 Å². The summed E-state index contributed by atoms with van der Waals surface area (Å²) in [5.41, 5.74) is 7.91. The van der Waals surface area contributed by atoms with Gasteiger partial charge < -0.3 is 11.1 Å². The van der Waals surface area contributed by atoms with Crippen LogP contribution in [0, 0.1) is 0 Å². The van der Waals surface area contributed by atoms with Crippen molar-refractivity contribution in [1.29, 1.82) is 0 Å². The van der Waals surface area contributed by atoms with Crippen LogP contribution in [0.25, 0.3) is 0 Å². The van der Waals surface area contributed by atoms with Crippen molar-refractivity contribution < 1.29 is 4.79 Å². The Morgan fingerprint density at radius 3 is 2.68 bits per heavy atom. The molecule has 1 aromatic carbocycles. The third-order valence-electron chi connectivity index (χ3n) is 4.62. The molecular weight excluding hydrogens is 276 g/mol. The van der Waals surface area contributed by atoms with Gasteiger partial charge in [0.05, 0.1) is 6.04 Å². The van der Waals surface area contributed by atoms with Crippen molar-refractivity contribution in [3.63, 3.8) is 0 Å². The van der Waals surface area contributed by atoms with Gasteiger partial charge in [-0.15, -0.1) is 0 Å². The molecule has 1 amide bonds. The van der Waals surface area contributed by atoms with Crippen molar-refractivity contribution >= 4 is 11.6 Å². The Labute approximate surface area is 132 Å². The second-order valence-corrected chi connectivity index (χ2v) is 6.52. The van der Waals surface area contributed by atoms with E-state index in [1.165, 1.54) is 5.56 Å². The van der Waals surface area contributed by atoms with Gasteiger partial charge in [0, 0.05) is 44.5 Å². The monoisotopic (exact) mass is 302 g/mol. The summed E-state index contributed by atoms with van der Waals surface area (Å²) in [5, 5.41) is 3.10. The van der Waals surface area contributed by atoms with Crippen molar-refractivity contribution in [2.45, 2.75) is 38.4 Å². The van der Waals surface area contributed by atoms with Gasteiger partial charge in [-0.1, -0.05) is 12.1 Å². The SMILES string of the molecule is CC(C(=O)NC1CC1)N1CCN(Cc2cccc(N)c2)CC1. The average Bonchev–Trinajstić information content (AvgIpc) is 3.31. The smallest absolute Gasteiger partial charge is 0.237 e. The molecule has 5 nitrogen and oxygen atoms in total. The van der Waals surface area contributed by atoms with Crippen molar-refractivity contribution in [2.75, 3.05) is 31.9 Å². The second kappa shape index (κ2) is 6.67. The Morgan fingerprint density at radius 1 is 1.32 bits per heavy atom. The molecule has 0 radical (unpaired) electrons. The summed E-state index contributed by atoms with van der Waals surface area (Å²) in [6.07, 6.45) is 2.29. The lowest BCUT2D eigenvalue weighted by Gasteiger charge is -2.37. The molecule has 5 heteroatoms. The molecule has 1 saturated carbocycles. The van der Waals surface area contributed by atoms with Crippen LogP contribution in [0.1, 0.15) is 25.3 Å². The van der Waals surface area contributed by atoms with E-state index in [0.717, 1.165) is 51.3 Å². The first-order valence-electron chi connectivity index (χ1n) is 8.23. The summed E-state index contributed by atoms with van der Waals surface area (Å²) in [6.45, 7) is 6.83. The van der Waals surface area contributed by atoms with E-state index in [0.29, 0.717) is 6.04 Å². The molecule has 2 fully saturated rings. The first kappa shape index (κ1) is 15.3. The number of anilines is 1. The van der Waals surface area contributed by atoms with Crippen molar-refractivity contribution in [3.8, 4) is 0 Å². The molecule has 1 heterocycles. The molecule has 1 aromatic rings. The Bertz CT molecular complexity index is 521. The van der Waals surface area contributed by atoms with Gasteiger partial charge in [-0.25, -0.2) is 0 Å². The third kappa shape index (κ3) is 3.99. The molecule has 3 N–H and O–H groups in total. The average molecular weight is 302 g/mol. The van der Waals surface area contributed by atoms with E-state index in [1.807, 2.05) is 25.1 Å². The van der Waals surface area contributed by atoms with Crippen LogP contribution in [0.4, 0.5) is 5.69 Å². The van der Waals surface area contributed by atoms with Crippen molar-refractivity contribution in [1.82, 2.24) is 15.1 Å². The zero-order valence-corrected chi connectivity index (χ0v) is 13.3. The van der Waals surface area contributed by atoms with Gasteiger partial charge in [-0.2, -0.15) is 0 Å². The molecular formula is C17H26N4O. The fourth-order valence-corrected chi connectivity index (χ4v) is 2.97. The highest BCUT2D eigenvalue weighted by molar-refractivity contribution is 5.81. The van der Waals surface area contributed by atoms with E-state index in [-0.39, 0.29) is 11.9 Å². The number of rotatable bonds is 5. The number of amides is 1. The second-order valence-electron chi connectivity index (χ2n) is 6.52. The lowest BCUT2D eigenvalue weighted by Crippen LogP contribution is -2.53. The Hall–Kier alpha value is -1.59. The number of nitrogen functional groups attached to an aromatic ring is 1. The minimum absolute atomic E-state index is 0.0184. The third-order valence-corrected chi connectivity index (χ3v) is 4.62. The summed E-state index contributed by atoms with van der Waals surface area (Å²) in [6, 6.07) is 8.51. The number of nitrogens with one attached hydrogen (secondary N) is 1. The van der Waals surface area contributed by atoms with Crippen LogP contribution in [-0.2, 0) is 11.3 Å². The van der Waals surface area contributed by atoms with Gasteiger partial charge in [-0.3, -0.25) is 14.6 Å². The molecule has 1 atom stereocenters. The molecule has 0 aromatic heterocycles. The quantitative estimate of drug-likeness (QED) is 0.798. The molecule has 0 spiro atoms. The molecule has 1 aliphatic carbocycles. The first-order chi connectivity index (χ1) is 10.6. The number of hydrogen-bond acceptors (Lipinski definition) is 4. The fraction of sp³-hybridized carbons (Fsp3) is 0.588. The van der Waals surface area contributed by atoms with Crippen LogP contribution < -0.4 is 11.1 Å². The maximum Gasteiger partial charge on any atom is 0.237 e. The molecule has 2 aliphatic rings. The normalized spacial score (nSPS) is 21.5. The number of nitrogens with zero attached hydrogens (tertiary/aromatic N) is 2. The van der Waals surface area contributed by atoms with Crippen molar-refractivity contribution in [3.05, 3.63) is 29.8 Å². The molecule has 22 heavy (non-hydrogen) atoms. The lowest BCUT2D eigenvalue weighted by atomic mass is 10.1. The molecule has 120 valence electrons. The molecule has 1 unspecified atom stereocenters. The topological polar surface area (TPSA) is 61.6 Å². The highest BCUT2D eigenvalue weighted by Gasteiger charge is 2.29. The van der Waals surface area contributed by atoms with E-state index in [2.05, 4.69) is 21.2 Å². The van der Waals surface area contributed by atoms with Gasteiger partial charge in [0.1, 0.15) is 0 Å². The van der Waals surface area contributed by atoms with E-state index < -0.39 is 0 Å². The zero-order valence-electron chi connectivity index (χ0n) is 13.3. The van der Waals surface area contributed by atoms with Crippen LogP contribution in [0.2, 0.25) is 0 Å². The standard InChI is InChI=1S/C17H26N4O/c1-13(17(22)19-16-5-6-16)21-9-7-20(8-10-21)12-14-3-2-4-15(18)11-14/h2-4,11,13,16H,5-10,12,18H2,1H3,(H,19,22). The van der Waals surface area contributed by atoms with E-state index >= 15 is 0 Å². The van der Waals surface area contributed by atoms with Crippen LogP contribution in [0.5, 0.6) is 0 Å². The Morgan fingerprint density at radius 2 is 2.05 bits per heavy atom. The number of benzene rings is 1. The number of piperazine rings is 1. The number of hydrogen-bond donors (Lipinski definition) is 2. The minimum atomic E-state index is -0.0184. The highest BCUT2D eigenvalue weighted by Crippen LogP contribution is 2.19. The largest absolute Gasteiger partial charge is 0.399 e. The predicted molar refractivity (Wildman–Crippen MR) is 88.3 cm³/mol. The van der Waals surface area contributed by atoms with E-state index in [1.54, 1.807) is 0 Å². The summed E-state index contributed by atoms with van der Waals surface area (Å²) < 4.78 is 0. The van der Waals surface area contributed by atoms with Crippen LogP contribution >= 0.6 is 0 Å². The van der Waals surface area contributed by atoms with Crippen molar-refractivity contribution in [2.24, 2.45) is 0 Å². The number of carbonyl (C=O) groups is 1.